The molecule has 0 radical (unpaired) electrons. The number of aliphatic hydroxyl groups is 1. The molecule has 1 atom stereocenters. The Morgan fingerprint density at radius 1 is 1.31 bits per heavy atom. The van der Waals surface area contributed by atoms with Crippen molar-refractivity contribution in [3.8, 4) is 5.75 Å². The van der Waals surface area contributed by atoms with E-state index in [9.17, 15) is 14.3 Å². The molecule has 2 heterocycles. The number of amides is 1. The molecule has 1 aromatic heterocycles. The average Bonchev–Trinajstić information content (AvgIpc) is 3.03. The van der Waals surface area contributed by atoms with Crippen LogP contribution in [0.1, 0.15) is 16.8 Å². The van der Waals surface area contributed by atoms with Gasteiger partial charge in [0.25, 0.3) is 5.91 Å². The van der Waals surface area contributed by atoms with Gasteiger partial charge in [0, 0.05) is 26.8 Å². The quantitative estimate of drug-likeness (QED) is 0.884. The first-order valence-corrected chi connectivity index (χ1v) is 8.40. The number of ether oxygens (including phenoxy) is 1. The lowest BCUT2D eigenvalue weighted by atomic mass is 10.1. The highest BCUT2D eigenvalue weighted by Crippen LogP contribution is 2.25. The number of hydrogen-bond acceptors (Lipinski definition) is 5. The number of pyridine rings is 1. The number of benzene rings is 1. The topological polar surface area (TPSA) is 65.9 Å². The Hall–Kier alpha value is -2.67. The van der Waals surface area contributed by atoms with Gasteiger partial charge in [-0.25, -0.2) is 9.37 Å². The van der Waals surface area contributed by atoms with Crippen molar-refractivity contribution in [1.29, 1.82) is 0 Å². The van der Waals surface area contributed by atoms with Gasteiger partial charge in [0.2, 0.25) is 0 Å². The summed E-state index contributed by atoms with van der Waals surface area (Å²) >= 11 is 0. The Labute approximate surface area is 151 Å². The summed E-state index contributed by atoms with van der Waals surface area (Å²) in [5.41, 5.74) is -0.638. The molecular weight excluding hydrogens is 337 g/mol. The minimum atomic E-state index is -1.12. The van der Waals surface area contributed by atoms with E-state index >= 15 is 0 Å². The third kappa shape index (κ3) is 4.11. The highest BCUT2D eigenvalue weighted by molar-refractivity contribution is 5.94. The molecule has 6 nitrogen and oxygen atoms in total. The summed E-state index contributed by atoms with van der Waals surface area (Å²) in [6.45, 7) is 0.667. The van der Waals surface area contributed by atoms with Gasteiger partial charge in [-0.2, -0.15) is 0 Å². The Kier molecular flexibility index (Phi) is 5.08. The maximum absolute atomic E-state index is 12.9. The number of likely N-dealkylation sites (tertiary alicyclic amines) is 1. The number of nitrogens with zero attached hydrogens (tertiary/aromatic N) is 3. The van der Waals surface area contributed by atoms with Crippen molar-refractivity contribution in [2.24, 2.45) is 0 Å². The minimum absolute atomic E-state index is 0.0419. The van der Waals surface area contributed by atoms with Crippen molar-refractivity contribution in [1.82, 2.24) is 9.88 Å². The van der Waals surface area contributed by atoms with Crippen LogP contribution in [0.15, 0.2) is 42.6 Å². The van der Waals surface area contributed by atoms with E-state index in [2.05, 4.69) is 4.98 Å². The van der Waals surface area contributed by atoms with Crippen LogP contribution in [0.4, 0.5) is 10.2 Å². The van der Waals surface area contributed by atoms with Crippen LogP contribution in [-0.2, 0) is 0 Å². The van der Waals surface area contributed by atoms with Crippen LogP contribution in [0.25, 0.3) is 0 Å². The second kappa shape index (κ2) is 7.29. The molecule has 138 valence electrons. The Morgan fingerprint density at radius 2 is 2.04 bits per heavy atom. The number of carbonyl (C=O) groups is 1. The summed E-state index contributed by atoms with van der Waals surface area (Å²) < 4.78 is 18.5. The molecule has 1 fully saturated rings. The standard InChI is InChI=1S/C19H22FN3O3/c1-22(2)17-8-3-14(11-21-17)18(24)23-10-9-19(25,12-23)13-26-16-6-4-15(20)5-7-16/h3-8,11,25H,9-10,12-13H2,1-2H3/t19-/m1/s1. The van der Waals surface area contributed by atoms with Crippen LogP contribution in [0.3, 0.4) is 0 Å². The molecular formula is C19H22FN3O3. The largest absolute Gasteiger partial charge is 0.491 e. The van der Waals surface area contributed by atoms with Gasteiger partial charge in [-0.05, 0) is 42.8 Å². The minimum Gasteiger partial charge on any atom is -0.491 e. The average molecular weight is 359 g/mol. The zero-order valence-corrected chi connectivity index (χ0v) is 14.9. The van der Waals surface area contributed by atoms with Crippen molar-refractivity contribution in [3.05, 3.63) is 54.0 Å². The van der Waals surface area contributed by atoms with Crippen LogP contribution < -0.4 is 9.64 Å². The van der Waals surface area contributed by atoms with Crippen molar-refractivity contribution in [2.45, 2.75) is 12.0 Å². The van der Waals surface area contributed by atoms with Crippen molar-refractivity contribution >= 4 is 11.7 Å². The van der Waals surface area contributed by atoms with Crippen LogP contribution in [0.2, 0.25) is 0 Å². The van der Waals surface area contributed by atoms with Gasteiger partial charge in [-0.1, -0.05) is 0 Å². The predicted octanol–water partition coefficient (Wildman–Crippen LogP) is 1.94. The van der Waals surface area contributed by atoms with Gasteiger partial charge >= 0.3 is 0 Å². The van der Waals surface area contributed by atoms with E-state index in [0.29, 0.717) is 24.3 Å². The van der Waals surface area contributed by atoms with Crippen molar-refractivity contribution in [2.75, 3.05) is 38.7 Å². The lowest BCUT2D eigenvalue weighted by molar-refractivity contribution is 0.00429. The molecule has 1 aliphatic heterocycles. The number of β-amino-alcohol motifs (C(OH)–C–C–N with tert-alkyl or cyclic N) is 1. The van der Waals surface area contributed by atoms with Gasteiger partial charge in [0.1, 0.15) is 29.6 Å². The third-order valence-corrected chi connectivity index (χ3v) is 4.39. The first-order chi connectivity index (χ1) is 12.4. The molecule has 2 aromatic rings. The summed E-state index contributed by atoms with van der Waals surface area (Å²) in [5.74, 6) is 0.739. The predicted molar refractivity (Wildman–Crippen MR) is 95.9 cm³/mol. The molecule has 1 amide bonds. The van der Waals surface area contributed by atoms with Gasteiger partial charge in [-0.3, -0.25) is 4.79 Å². The van der Waals surface area contributed by atoms with E-state index in [1.165, 1.54) is 24.3 Å². The zero-order valence-electron chi connectivity index (χ0n) is 14.9. The molecule has 1 aromatic carbocycles. The van der Waals surface area contributed by atoms with Gasteiger partial charge in [0.15, 0.2) is 0 Å². The molecule has 0 bridgehead atoms. The first kappa shape index (κ1) is 18.1. The van der Waals surface area contributed by atoms with Crippen molar-refractivity contribution < 1.29 is 19.0 Å². The van der Waals surface area contributed by atoms with Crippen molar-refractivity contribution in [3.63, 3.8) is 0 Å². The summed E-state index contributed by atoms with van der Waals surface area (Å²) in [4.78, 5) is 20.3. The fourth-order valence-corrected chi connectivity index (χ4v) is 2.86. The fourth-order valence-electron chi connectivity index (χ4n) is 2.86. The summed E-state index contributed by atoms with van der Waals surface area (Å²) in [6.07, 6.45) is 1.97. The molecule has 1 N–H and O–H groups in total. The zero-order chi connectivity index (χ0) is 18.7. The second-order valence-corrected chi connectivity index (χ2v) is 6.74. The monoisotopic (exact) mass is 359 g/mol. The molecule has 1 saturated heterocycles. The van der Waals surface area contributed by atoms with Gasteiger partial charge < -0.3 is 19.6 Å². The molecule has 7 heteroatoms. The smallest absolute Gasteiger partial charge is 0.255 e. The normalized spacial score (nSPS) is 19.5. The van der Waals surface area contributed by atoms with E-state index in [1.54, 1.807) is 23.2 Å². The van der Waals surface area contributed by atoms with Crippen LogP contribution in [-0.4, -0.2) is 60.3 Å². The summed E-state index contributed by atoms with van der Waals surface area (Å²) in [7, 11) is 3.76. The van der Waals surface area contributed by atoms with Gasteiger partial charge in [-0.15, -0.1) is 0 Å². The van der Waals surface area contributed by atoms with E-state index in [4.69, 9.17) is 4.74 Å². The highest BCUT2D eigenvalue weighted by Gasteiger charge is 2.39. The molecule has 1 aliphatic rings. The maximum Gasteiger partial charge on any atom is 0.255 e. The molecule has 0 aliphatic carbocycles. The van der Waals surface area contributed by atoms with Crippen LogP contribution in [0.5, 0.6) is 5.75 Å². The molecule has 26 heavy (non-hydrogen) atoms. The summed E-state index contributed by atoms with van der Waals surface area (Å²) in [5, 5.41) is 10.7. The van der Waals surface area contributed by atoms with E-state index < -0.39 is 5.60 Å². The maximum atomic E-state index is 12.9. The fraction of sp³-hybridized carbons (Fsp3) is 0.368. The number of halogens is 1. The second-order valence-electron chi connectivity index (χ2n) is 6.74. The number of anilines is 1. The lowest BCUT2D eigenvalue weighted by Gasteiger charge is -2.23. The molecule has 0 saturated carbocycles. The highest BCUT2D eigenvalue weighted by atomic mass is 19.1. The lowest BCUT2D eigenvalue weighted by Crippen LogP contribution is -2.40. The Bertz CT molecular complexity index is 765. The Balaban J connectivity index is 1.59. The molecule has 3 rings (SSSR count). The van der Waals surface area contributed by atoms with E-state index in [0.717, 1.165) is 5.82 Å². The summed E-state index contributed by atoms with van der Waals surface area (Å²) in [6, 6.07) is 9.13. The first-order valence-electron chi connectivity index (χ1n) is 8.40. The van der Waals surface area contributed by atoms with E-state index in [1.807, 2.05) is 19.0 Å². The molecule has 0 unspecified atom stereocenters. The van der Waals surface area contributed by atoms with Gasteiger partial charge in [0.05, 0.1) is 12.1 Å². The third-order valence-electron chi connectivity index (χ3n) is 4.39. The SMILES string of the molecule is CN(C)c1ccc(C(=O)N2CC[C@](O)(COc3ccc(F)cc3)C2)cn1. The Morgan fingerprint density at radius 3 is 2.65 bits per heavy atom. The van der Waals surface area contributed by atoms with Crippen LogP contribution in [0, 0.1) is 5.82 Å². The molecule has 0 spiro atoms. The number of aromatic nitrogens is 1. The number of hydrogen-bond donors (Lipinski definition) is 1. The number of rotatable bonds is 5. The van der Waals surface area contributed by atoms with Crippen LogP contribution >= 0.6 is 0 Å². The van der Waals surface area contributed by atoms with E-state index in [-0.39, 0.29) is 24.9 Å². The number of carbonyl (C=O) groups excluding carboxylic acids is 1.